The van der Waals surface area contributed by atoms with Gasteiger partial charge in [-0.1, -0.05) is 30.3 Å². The van der Waals surface area contributed by atoms with Crippen LogP contribution in [-0.4, -0.2) is 47.8 Å². The van der Waals surface area contributed by atoms with Crippen LogP contribution in [0.15, 0.2) is 48.7 Å². The fraction of sp³-hybridized carbons (Fsp3) is 0.450. The van der Waals surface area contributed by atoms with Crippen molar-refractivity contribution in [2.75, 3.05) is 32.8 Å². The highest BCUT2D eigenvalue weighted by Gasteiger charge is 2.18. The zero-order chi connectivity index (χ0) is 16.6. The molecule has 1 saturated heterocycles. The van der Waals surface area contributed by atoms with E-state index in [1.807, 2.05) is 24.4 Å². The van der Waals surface area contributed by atoms with E-state index in [4.69, 9.17) is 0 Å². The lowest BCUT2D eigenvalue weighted by Gasteiger charge is -2.31. The predicted octanol–water partition coefficient (Wildman–Crippen LogP) is 2.54. The van der Waals surface area contributed by atoms with E-state index in [2.05, 4.69) is 39.5 Å². The molecule has 0 radical (unpaired) electrons. The van der Waals surface area contributed by atoms with Crippen LogP contribution in [0.2, 0.25) is 0 Å². The van der Waals surface area contributed by atoms with Gasteiger partial charge in [-0.2, -0.15) is 0 Å². The monoisotopic (exact) mass is 325 g/mol. The molecule has 4 heteroatoms. The van der Waals surface area contributed by atoms with Gasteiger partial charge in [-0.05, 0) is 43.0 Å². The van der Waals surface area contributed by atoms with Crippen molar-refractivity contribution in [2.45, 2.75) is 19.4 Å². The molecule has 24 heavy (non-hydrogen) atoms. The second-order valence-electron chi connectivity index (χ2n) is 6.58. The molecular formula is C20H27N3O. The second-order valence-corrected chi connectivity index (χ2v) is 6.58. The lowest BCUT2D eigenvalue weighted by atomic mass is 9.99. The Balaban J connectivity index is 1.41. The van der Waals surface area contributed by atoms with E-state index in [1.54, 1.807) is 0 Å². The zero-order valence-corrected chi connectivity index (χ0v) is 14.2. The van der Waals surface area contributed by atoms with Gasteiger partial charge in [-0.3, -0.25) is 4.98 Å². The quantitative estimate of drug-likeness (QED) is 0.768. The minimum atomic E-state index is 0.326. The van der Waals surface area contributed by atoms with Crippen LogP contribution in [0.3, 0.4) is 0 Å². The molecule has 0 saturated carbocycles. The molecule has 1 aliphatic rings. The van der Waals surface area contributed by atoms with Gasteiger partial charge < -0.3 is 15.3 Å². The highest BCUT2D eigenvalue weighted by molar-refractivity contribution is 5.58. The molecule has 0 amide bonds. The molecule has 3 rings (SSSR count). The number of hydrogen-bond acceptors (Lipinski definition) is 4. The van der Waals surface area contributed by atoms with Gasteiger partial charge in [-0.25, -0.2) is 0 Å². The normalized spacial score (nSPS) is 18.6. The zero-order valence-electron chi connectivity index (χ0n) is 14.2. The Bertz CT molecular complexity index is 600. The minimum absolute atomic E-state index is 0.326. The third-order valence-electron chi connectivity index (χ3n) is 4.71. The first kappa shape index (κ1) is 17.1. The lowest BCUT2D eigenvalue weighted by molar-refractivity contribution is 0.121. The maximum absolute atomic E-state index is 9.29. The third kappa shape index (κ3) is 4.87. The molecule has 1 aromatic heterocycles. The van der Waals surface area contributed by atoms with Crippen LogP contribution < -0.4 is 5.32 Å². The summed E-state index contributed by atoms with van der Waals surface area (Å²) in [5.74, 6) is 0.470. The van der Waals surface area contributed by atoms with Gasteiger partial charge in [0, 0.05) is 44.5 Å². The largest absolute Gasteiger partial charge is 0.396 e. The van der Waals surface area contributed by atoms with Gasteiger partial charge in [0.05, 0.1) is 5.69 Å². The first-order valence-electron chi connectivity index (χ1n) is 8.89. The van der Waals surface area contributed by atoms with Crippen LogP contribution in [0.25, 0.3) is 11.3 Å². The molecule has 1 fully saturated rings. The van der Waals surface area contributed by atoms with Crippen molar-refractivity contribution in [1.82, 2.24) is 15.2 Å². The summed E-state index contributed by atoms with van der Waals surface area (Å²) in [6, 6.07) is 14.6. The number of nitrogens with zero attached hydrogens (tertiary/aromatic N) is 2. The standard InChI is InChI=1S/C20H27N3O/c24-16-18-4-3-12-23(15-18)13-11-21-14-17-6-8-19(9-7-17)20-5-1-2-10-22-20/h1-2,5-10,18,21,24H,3-4,11-16H2. The van der Waals surface area contributed by atoms with Gasteiger partial charge >= 0.3 is 0 Å². The van der Waals surface area contributed by atoms with Gasteiger partial charge in [0.1, 0.15) is 0 Å². The van der Waals surface area contributed by atoms with Crippen molar-refractivity contribution in [2.24, 2.45) is 5.92 Å². The summed E-state index contributed by atoms with van der Waals surface area (Å²) < 4.78 is 0. The Morgan fingerprint density at radius 2 is 2.04 bits per heavy atom. The molecule has 0 bridgehead atoms. The van der Waals surface area contributed by atoms with E-state index in [1.165, 1.54) is 18.4 Å². The fourth-order valence-corrected chi connectivity index (χ4v) is 3.30. The van der Waals surface area contributed by atoms with E-state index in [0.717, 1.165) is 44.0 Å². The highest BCUT2D eigenvalue weighted by atomic mass is 16.3. The fourth-order valence-electron chi connectivity index (χ4n) is 3.30. The van der Waals surface area contributed by atoms with Crippen molar-refractivity contribution in [3.63, 3.8) is 0 Å². The number of likely N-dealkylation sites (tertiary alicyclic amines) is 1. The van der Waals surface area contributed by atoms with E-state index < -0.39 is 0 Å². The molecule has 1 aromatic carbocycles. The maximum Gasteiger partial charge on any atom is 0.0701 e. The molecule has 2 N–H and O–H groups in total. The Morgan fingerprint density at radius 1 is 1.17 bits per heavy atom. The highest BCUT2D eigenvalue weighted by Crippen LogP contribution is 2.17. The van der Waals surface area contributed by atoms with Gasteiger partial charge in [-0.15, -0.1) is 0 Å². The molecule has 1 aliphatic heterocycles. The molecule has 128 valence electrons. The van der Waals surface area contributed by atoms with Crippen LogP contribution >= 0.6 is 0 Å². The van der Waals surface area contributed by atoms with Crippen LogP contribution in [0, 0.1) is 5.92 Å². The van der Waals surface area contributed by atoms with Gasteiger partial charge in [0.25, 0.3) is 0 Å². The third-order valence-corrected chi connectivity index (χ3v) is 4.71. The summed E-state index contributed by atoms with van der Waals surface area (Å²) in [6.45, 7) is 5.46. The molecule has 1 unspecified atom stereocenters. The number of rotatable bonds is 7. The molecule has 0 aliphatic carbocycles. The first-order chi connectivity index (χ1) is 11.8. The second kappa shape index (κ2) is 8.92. The molecule has 0 spiro atoms. The summed E-state index contributed by atoms with van der Waals surface area (Å²) in [7, 11) is 0. The van der Waals surface area contributed by atoms with Crippen molar-refractivity contribution < 1.29 is 5.11 Å². The summed E-state index contributed by atoms with van der Waals surface area (Å²) in [5.41, 5.74) is 3.46. The van der Waals surface area contributed by atoms with Crippen molar-refractivity contribution in [3.8, 4) is 11.3 Å². The number of aliphatic hydroxyl groups is 1. The number of nitrogens with one attached hydrogen (secondary N) is 1. The van der Waals surface area contributed by atoms with Gasteiger partial charge in [0.15, 0.2) is 0 Å². The van der Waals surface area contributed by atoms with Crippen molar-refractivity contribution in [1.29, 1.82) is 0 Å². The predicted molar refractivity (Wildman–Crippen MR) is 97.6 cm³/mol. The van der Waals surface area contributed by atoms with Crippen molar-refractivity contribution >= 4 is 0 Å². The summed E-state index contributed by atoms with van der Waals surface area (Å²) in [4.78, 5) is 6.84. The number of pyridine rings is 1. The smallest absolute Gasteiger partial charge is 0.0701 e. The maximum atomic E-state index is 9.29. The Hall–Kier alpha value is -1.75. The first-order valence-corrected chi connectivity index (χ1v) is 8.89. The average molecular weight is 325 g/mol. The topological polar surface area (TPSA) is 48.4 Å². The number of benzene rings is 1. The van der Waals surface area contributed by atoms with Crippen molar-refractivity contribution in [3.05, 3.63) is 54.2 Å². The van der Waals surface area contributed by atoms with Crippen LogP contribution in [0.4, 0.5) is 0 Å². The van der Waals surface area contributed by atoms with Crippen LogP contribution in [0.5, 0.6) is 0 Å². The van der Waals surface area contributed by atoms with E-state index in [9.17, 15) is 5.11 Å². The van der Waals surface area contributed by atoms with E-state index >= 15 is 0 Å². The SMILES string of the molecule is OCC1CCCN(CCNCc2ccc(-c3ccccn3)cc2)C1. The average Bonchev–Trinajstić information content (AvgIpc) is 2.67. The molecule has 4 nitrogen and oxygen atoms in total. The molecule has 1 atom stereocenters. The minimum Gasteiger partial charge on any atom is -0.396 e. The number of hydrogen-bond donors (Lipinski definition) is 2. The summed E-state index contributed by atoms with van der Waals surface area (Å²) >= 11 is 0. The van der Waals surface area contributed by atoms with Crippen LogP contribution in [-0.2, 0) is 6.54 Å². The summed E-state index contributed by atoms with van der Waals surface area (Å²) in [6.07, 6.45) is 4.20. The number of piperidine rings is 1. The molecular weight excluding hydrogens is 298 g/mol. The molecule has 2 aromatic rings. The Morgan fingerprint density at radius 3 is 2.79 bits per heavy atom. The molecule has 2 heterocycles. The van der Waals surface area contributed by atoms with E-state index in [0.29, 0.717) is 12.5 Å². The number of aromatic nitrogens is 1. The summed E-state index contributed by atoms with van der Waals surface area (Å²) in [5, 5.41) is 12.8. The Kier molecular flexibility index (Phi) is 6.35. The lowest BCUT2D eigenvalue weighted by Crippen LogP contribution is -2.40. The van der Waals surface area contributed by atoms with Crippen LogP contribution in [0.1, 0.15) is 18.4 Å². The number of aliphatic hydroxyl groups excluding tert-OH is 1. The Labute approximate surface area is 144 Å². The van der Waals surface area contributed by atoms with Gasteiger partial charge in [0.2, 0.25) is 0 Å². The van der Waals surface area contributed by atoms with E-state index in [-0.39, 0.29) is 0 Å².